The van der Waals surface area contributed by atoms with Gasteiger partial charge in [0, 0.05) is 0 Å². The molecule has 0 aliphatic rings. The fourth-order valence-electron chi connectivity index (χ4n) is 1.35. The number of rotatable bonds is 5. The number of aromatic nitrogens is 2. The van der Waals surface area contributed by atoms with Gasteiger partial charge >= 0.3 is 6.18 Å². The Labute approximate surface area is 109 Å². The molecule has 110 valence electrons. The van der Waals surface area contributed by atoms with Crippen molar-refractivity contribution in [3.8, 4) is 0 Å². The zero-order valence-corrected chi connectivity index (χ0v) is 11.5. The Hall–Kier alpha value is -1.09. The van der Waals surface area contributed by atoms with Gasteiger partial charge in [-0.15, -0.1) is 0 Å². The predicted octanol–water partition coefficient (Wildman–Crippen LogP) is 2.04. The molecule has 5 nitrogen and oxygen atoms in total. The van der Waals surface area contributed by atoms with Crippen LogP contribution in [0.25, 0.3) is 0 Å². The molecule has 1 aromatic rings. The van der Waals surface area contributed by atoms with E-state index in [4.69, 9.17) is 0 Å². The second kappa shape index (κ2) is 5.49. The lowest BCUT2D eigenvalue weighted by molar-refractivity contribution is -0.143. The van der Waals surface area contributed by atoms with Crippen LogP contribution in [0.3, 0.4) is 0 Å². The second-order valence-electron chi connectivity index (χ2n) is 4.45. The first-order valence-electron chi connectivity index (χ1n) is 5.46. The highest BCUT2D eigenvalue weighted by Crippen LogP contribution is 2.21. The van der Waals surface area contributed by atoms with Gasteiger partial charge in [0.1, 0.15) is 13.2 Å². The number of hydrogen-bond acceptors (Lipinski definition) is 4. The molecule has 19 heavy (non-hydrogen) atoms. The summed E-state index contributed by atoms with van der Waals surface area (Å²) >= 11 is 0. The minimum Gasteiger partial charge on any atom is -0.264 e. The van der Waals surface area contributed by atoms with Gasteiger partial charge in [-0.25, -0.2) is 0 Å². The summed E-state index contributed by atoms with van der Waals surface area (Å²) in [6, 6.07) is 1.42. The predicted molar refractivity (Wildman–Crippen MR) is 62.0 cm³/mol. The maximum Gasteiger partial charge on any atom is 0.408 e. The molecule has 0 N–H and O–H groups in total. The molecule has 0 aromatic carbocycles. The van der Waals surface area contributed by atoms with Gasteiger partial charge in [-0.05, 0) is 12.0 Å². The van der Waals surface area contributed by atoms with Gasteiger partial charge in [-0.1, -0.05) is 13.8 Å². The highest BCUT2D eigenvalue weighted by Gasteiger charge is 2.30. The van der Waals surface area contributed by atoms with Gasteiger partial charge in [0.2, 0.25) is 0 Å². The lowest BCUT2D eigenvalue weighted by atomic mass is 10.1. The van der Waals surface area contributed by atoms with Gasteiger partial charge in [0.15, 0.2) is 0 Å². The molecular weight excluding hydrogens is 285 g/mol. The van der Waals surface area contributed by atoms with Crippen LogP contribution in [0.2, 0.25) is 0 Å². The third-order valence-electron chi connectivity index (χ3n) is 2.22. The van der Waals surface area contributed by atoms with E-state index < -0.39 is 29.4 Å². The average Bonchev–Trinajstić information content (AvgIpc) is 2.54. The third kappa shape index (κ3) is 5.60. The first-order chi connectivity index (χ1) is 8.48. The van der Waals surface area contributed by atoms with E-state index >= 15 is 0 Å². The lowest BCUT2D eigenvalue weighted by Gasteiger charge is -2.10. The molecule has 1 rings (SSSR count). The molecule has 0 saturated heterocycles. The van der Waals surface area contributed by atoms with Crippen LogP contribution in [0, 0.1) is 0 Å². The van der Waals surface area contributed by atoms with Gasteiger partial charge in [-0.2, -0.15) is 26.7 Å². The van der Waals surface area contributed by atoms with Crippen LogP contribution in [-0.2, 0) is 27.5 Å². The zero-order chi connectivity index (χ0) is 14.8. The van der Waals surface area contributed by atoms with E-state index in [2.05, 4.69) is 9.28 Å². The van der Waals surface area contributed by atoms with Crippen molar-refractivity contribution in [3.63, 3.8) is 0 Å². The van der Waals surface area contributed by atoms with E-state index in [0.29, 0.717) is 5.69 Å². The Morgan fingerprint density at radius 1 is 1.42 bits per heavy atom. The number of alkyl halides is 3. The summed E-state index contributed by atoms with van der Waals surface area (Å²) in [6.45, 7) is 1.82. The van der Waals surface area contributed by atoms with E-state index in [1.807, 2.05) is 0 Å². The van der Waals surface area contributed by atoms with Crippen molar-refractivity contribution in [3.05, 3.63) is 17.5 Å². The van der Waals surface area contributed by atoms with Crippen LogP contribution in [-0.4, -0.2) is 30.6 Å². The summed E-state index contributed by atoms with van der Waals surface area (Å²) < 4.78 is 64.1. The molecule has 0 aliphatic heterocycles. The van der Waals surface area contributed by atoms with Crippen molar-refractivity contribution >= 4 is 10.1 Å². The van der Waals surface area contributed by atoms with Crippen molar-refractivity contribution in [2.75, 3.05) is 6.26 Å². The molecule has 1 aromatic heterocycles. The van der Waals surface area contributed by atoms with Crippen molar-refractivity contribution in [1.82, 2.24) is 9.78 Å². The van der Waals surface area contributed by atoms with Crippen LogP contribution in [0.15, 0.2) is 6.07 Å². The van der Waals surface area contributed by atoms with Crippen molar-refractivity contribution in [2.24, 2.45) is 0 Å². The molecule has 1 heterocycles. The van der Waals surface area contributed by atoms with Gasteiger partial charge in [0.05, 0.1) is 17.6 Å². The van der Waals surface area contributed by atoms with Crippen LogP contribution in [0.4, 0.5) is 13.2 Å². The quantitative estimate of drug-likeness (QED) is 0.781. The van der Waals surface area contributed by atoms with Crippen molar-refractivity contribution in [1.29, 1.82) is 0 Å². The highest BCUT2D eigenvalue weighted by molar-refractivity contribution is 7.85. The van der Waals surface area contributed by atoms with Crippen molar-refractivity contribution < 1.29 is 25.8 Å². The van der Waals surface area contributed by atoms with Gasteiger partial charge in [0.25, 0.3) is 10.1 Å². The fourth-order valence-corrected chi connectivity index (χ4v) is 1.68. The van der Waals surface area contributed by atoms with E-state index in [9.17, 15) is 21.6 Å². The topological polar surface area (TPSA) is 61.2 Å². The maximum absolute atomic E-state index is 12.4. The summed E-state index contributed by atoms with van der Waals surface area (Å²) in [7, 11) is -3.72. The Morgan fingerprint density at radius 3 is 2.42 bits per heavy atom. The van der Waals surface area contributed by atoms with Crippen LogP contribution in [0.5, 0.6) is 0 Å². The number of nitrogens with zero attached hydrogens (tertiary/aromatic N) is 2. The van der Waals surface area contributed by atoms with Gasteiger partial charge in [-0.3, -0.25) is 8.86 Å². The van der Waals surface area contributed by atoms with Crippen LogP contribution in [0.1, 0.15) is 31.2 Å². The van der Waals surface area contributed by atoms with Crippen LogP contribution < -0.4 is 0 Å². The molecule has 0 fully saturated rings. The fraction of sp³-hybridized carbons (Fsp3) is 0.700. The third-order valence-corrected chi connectivity index (χ3v) is 2.77. The average molecular weight is 300 g/mol. The number of hydrogen-bond donors (Lipinski definition) is 0. The van der Waals surface area contributed by atoms with E-state index in [1.54, 1.807) is 13.8 Å². The monoisotopic (exact) mass is 300 g/mol. The molecule has 0 unspecified atom stereocenters. The molecule has 0 aliphatic carbocycles. The normalized spacial score (nSPS) is 13.2. The molecule has 0 radical (unpaired) electrons. The standard InChI is InChI=1S/C10H15F3N2O3S/c1-7(2)9-4-8(5-18-19(3,16)17)15(14-9)6-10(11,12)13/h4,7H,5-6H2,1-3H3. The molecule has 0 atom stereocenters. The minimum absolute atomic E-state index is 0.0635. The molecule has 0 bridgehead atoms. The molecular formula is C10H15F3N2O3S. The summed E-state index contributed by atoms with van der Waals surface area (Å²) in [6.07, 6.45) is -3.60. The molecule has 0 saturated carbocycles. The summed E-state index contributed by atoms with van der Waals surface area (Å²) in [4.78, 5) is 0. The zero-order valence-electron chi connectivity index (χ0n) is 10.7. The minimum atomic E-state index is -4.43. The Bertz CT molecular complexity index is 535. The Balaban J connectivity index is 2.99. The van der Waals surface area contributed by atoms with E-state index in [1.165, 1.54) is 6.07 Å². The SMILES string of the molecule is CC(C)c1cc(COS(C)(=O)=O)n(CC(F)(F)F)n1. The Morgan fingerprint density at radius 2 is 2.00 bits per heavy atom. The maximum atomic E-state index is 12.4. The molecule has 0 amide bonds. The van der Waals surface area contributed by atoms with Gasteiger partial charge < -0.3 is 0 Å². The highest BCUT2D eigenvalue weighted by atomic mass is 32.2. The van der Waals surface area contributed by atoms with Crippen molar-refractivity contribution in [2.45, 2.75) is 39.1 Å². The summed E-state index contributed by atoms with van der Waals surface area (Å²) in [5.74, 6) is -0.0635. The first kappa shape index (κ1) is 16.0. The van der Waals surface area contributed by atoms with E-state index in [-0.39, 0.29) is 11.6 Å². The van der Waals surface area contributed by atoms with E-state index in [0.717, 1.165) is 10.9 Å². The number of halogens is 3. The molecule has 0 spiro atoms. The van der Waals surface area contributed by atoms with Crippen LogP contribution >= 0.6 is 0 Å². The largest absolute Gasteiger partial charge is 0.408 e. The summed E-state index contributed by atoms with van der Waals surface area (Å²) in [5, 5.41) is 3.82. The lowest BCUT2D eigenvalue weighted by Crippen LogP contribution is -2.21. The summed E-state index contributed by atoms with van der Waals surface area (Å²) in [5.41, 5.74) is 0.530. The first-order valence-corrected chi connectivity index (χ1v) is 7.27. The molecule has 9 heteroatoms. The second-order valence-corrected chi connectivity index (χ2v) is 6.10. The Kier molecular flexibility index (Phi) is 4.62. The smallest absolute Gasteiger partial charge is 0.264 e.